The van der Waals surface area contributed by atoms with E-state index in [0.717, 1.165) is 41.3 Å². The molecule has 0 fully saturated rings. The summed E-state index contributed by atoms with van der Waals surface area (Å²) in [6, 6.07) is 15.0. The Morgan fingerprint density at radius 2 is 1.96 bits per heavy atom. The van der Waals surface area contributed by atoms with Crippen LogP contribution in [0.25, 0.3) is 16.9 Å². The van der Waals surface area contributed by atoms with Crippen LogP contribution >= 0.6 is 0 Å². The highest BCUT2D eigenvalue weighted by atomic mass is 19.1. The fourth-order valence-electron chi connectivity index (χ4n) is 3.14. The predicted octanol–water partition coefficient (Wildman–Crippen LogP) is 3.71. The van der Waals surface area contributed by atoms with Crippen molar-refractivity contribution in [1.82, 2.24) is 9.78 Å². The van der Waals surface area contributed by atoms with Crippen molar-refractivity contribution in [2.24, 2.45) is 0 Å². The summed E-state index contributed by atoms with van der Waals surface area (Å²) in [6.45, 7) is 0.849. The maximum atomic E-state index is 14.2. The molecule has 4 nitrogen and oxygen atoms in total. The summed E-state index contributed by atoms with van der Waals surface area (Å²) >= 11 is 0. The molecule has 0 spiro atoms. The van der Waals surface area contributed by atoms with Crippen LogP contribution in [-0.2, 0) is 6.42 Å². The lowest BCUT2D eigenvalue weighted by atomic mass is 10.1. The molecule has 0 bridgehead atoms. The molecule has 1 aliphatic rings. The van der Waals surface area contributed by atoms with E-state index in [0.29, 0.717) is 5.69 Å². The first kappa shape index (κ1) is 14.8. The number of halogens is 1. The van der Waals surface area contributed by atoms with Crippen LogP contribution in [0.3, 0.4) is 0 Å². The molecule has 122 valence electrons. The number of nitrogens with one attached hydrogen (secondary N) is 1. The van der Waals surface area contributed by atoms with Gasteiger partial charge < -0.3 is 10.2 Å². The van der Waals surface area contributed by atoms with Crippen molar-refractivity contribution in [3.05, 3.63) is 59.9 Å². The molecular formula is C19H19FN4. The van der Waals surface area contributed by atoms with Crippen molar-refractivity contribution in [3.8, 4) is 16.9 Å². The van der Waals surface area contributed by atoms with E-state index in [-0.39, 0.29) is 5.82 Å². The Kier molecular flexibility index (Phi) is 3.49. The highest BCUT2D eigenvalue weighted by Gasteiger charge is 2.25. The first-order chi connectivity index (χ1) is 11.6. The van der Waals surface area contributed by atoms with Crippen molar-refractivity contribution in [3.63, 3.8) is 0 Å². The van der Waals surface area contributed by atoms with Gasteiger partial charge in [0.1, 0.15) is 17.3 Å². The van der Waals surface area contributed by atoms with Gasteiger partial charge in [-0.3, -0.25) is 0 Å². The molecule has 1 aliphatic heterocycles. The molecule has 0 amide bonds. The van der Waals surface area contributed by atoms with Crippen molar-refractivity contribution in [2.45, 2.75) is 6.42 Å². The van der Waals surface area contributed by atoms with Crippen LogP contribution in [0.15, 0.2) is 48.5 Å². The van der Waals surface area contributed by atoms with Crippen LogP contribution in [0.2, 0.25) is 0 Å². The molecule has 1 aromatic heterocycles. The van der Waals surface area contributed by atoms with Gasteiger partial charge in [-0.05, 0) is 30.7 Å². The highest BCUT2D eigenvalue weighted by molar-refractivity contribution is 5.75. The van der Waals surface area contributed by atoms with Gasteiger partial charge in [-0.2, -0.15) is 5.10 Å². The summed E-state index contributed by atoms with van der Waals surface area (Å²) in [5.74, 6) is 0.621. The second-order valence-electron chi connectivity index (χ2n) is 6.16. The minimum atomic E-state index is -0.273. The van der Waals surface area contributed by atoms with Crippen LogP contribution in [0, 0.1) is 5.82 Å². The molecule has 0 saturated carbocycles. The van der Waals surface area contributed by atoms with Crippen molar-refractivity contribution >= 4 is 11.5 Å². The van der Waals surface area contributed by atoms with Crippen LogP contribution in [0.5, 0.6) is 0 Å². The zero-order valence-corrected chi connectivity index (χ0v) is 13.8. The second kappa shape index (κ2) is 5.67. The number of anilines is 2. The Morgan fingerprint density at radius 3 is 2.75 bits per heavy atom. The number of benzene rings is 2. The monoisotopic (exact) mass is 322 g/mol. The Hall–Kier alpha value is -2.82. The third kappa shape index (κ3) is 2.33. The molecule has 0 radical (unpaired) electrons. The van der Waals surface area contributed by atoms with Gasteiger partial charge >= 0.3 is 0 Å². The average Bonchev–Trinajstić information content (AvgIpc) is 3.18. The van der Waals surface area contributed by atoms with Gasteiger partial charge in [0.2, 0.25) is 0 Å². The van der Waals surface area contributed by atoms with E-state index < -0.39 is 0 Å². The third-order valence-electron chi connectivity index (χ3n) is 4.37. The summed E-state index contributed by atoms with van der Waals surface area (Å²) in [5, 5.41) is 8.07. The Bertz CT molecular complexity index is 898. The number of hydrogen-bond acceptors (Lipinski definition) is 3. The molecule has 3 aromatic rings. The van der Waals surface area contributed by atoms with Gasteiger partial charge in [-0.1, -0.05) is 24.3 Å². The molecule has 2 heterocycles. The van der Waals surface area contributed by atoms with Crippen molar-refractivity contribution < 1.29 is 4.39 Å². The number of aromatic nitrogens is 2. The lowest BCUT2D eigenvalue weighted by Gasteiger charge is -2.13. The normalized spacial score (nSPS) is 12.8. The first-order valence-corrected chi connectivity index (χ1v) is 8.03. The van der Waals surface area contributed by atoms with E-state index in [4.69, 9.17) is 5.10 Å². The Balaban J connectivity index is 1.88. The number of nitrogens with zero attached hydrogens (tertiary/aromatic N) is 3. The minimum absolute atomic E-state index is 0.273. The maximum absolute atomic E-state index is 14.2. The van der Waals surface area contributed by atoms with Gasteiger partial charge in [0.05, 0.1) is 5.69 Å². The quantitative estimate of drug-likeness (QED) is 0.798. The van der Waals surface area contributed by atoms with Crippen LogP contribution < -0.4 is 10.2 Å². The van der Waals surface area contributed by atoms with E-state index in [1.165, 1.54) is 6.07 Å². The lowest BCUT2D eigenvalue weighted by Crippen LogP contribution is -2.08. The highest BCUT2D eigenvalue weighted by Crippen LogP contribution is 2.35. The summed E-state index contributed by atoms with van der Waals surface area (Å²) in [7, 11) is 4.03. The van der Waals surface area contributed by atoms with Crippen LogP contribution in [0.1, 0.15) is 5.56 Å². The first-order valence-electron chi connectivity index (χ1n) is 8.03. The molecule has 0 saturated heterocycles. The van der Waals surface area contributed by atoms with Gasteiger partial charge in [-0.15, -0.1) is 0 Å². The summed E-state index contributed by atoms with van der Waals surface area (Å²) in [6.07, 6.45) is 0.894. The predicted molar refractivity (Wildman–Crippen MR) is 95.5 cm³/mol. The standard InChI is InChI=1S/C19H19FN4/c1-23(2)14-7-5-6-13(12-14)18-15-10-11-21-19(15)24(22-18)17-9-4-3-8-16(17)20/h3-9,12,21H,10-11H2,1-2H3. The number of fused-ring (bicyclic) bond motifs is 1. The van der Waals surface area contributed by atoms with Crippen molar-refractivity contribution in [1.29, 1.82) is 0 Å². The molecule has 0 aliphatic carbocycles. The van der Waals surface area contributed by atoms with E-state index in [2.05, 4.69) is 28.4 Å². The van der Waals surface area contributed by atoms with E-state index in [1.807, 2.05) is 26.2 Å². The Labute approximate surface area is 140 Å². The average molecular weight is 322 g/mol. The molecule has 24 heavy (non-hydrogen) atoms. The van der Waals surface area contributed by atoms with Crippen LogP contribution in [-0.4, -0.2) is 30.4 Å². The number of para-hydroxylation sites is 1. The molecule has 0 atom stereocenters. The zero-order chi connectivity index (χ0) is 16.7. The largest absolute Gasteiger partial charge is 0.378 e. The molecule has 2 aromatic carbocycles. The number of hydrogen-bond donors (Lipinski definition) is 1. The molecular weight excluding hydrogens is 303 g/mol. The van der Waals surface area contributed by atoms with E-state index in [9.17, 15) is 4.39 Å². The number of rotatable bonds is 3. The third-order valence-corrected chi connectivity index (χ3v) is 4.37. The van der Waals surface area contributed by atoms with Gasteiger partial charge in [-0.25, -0.2) is 9.07 Å². The molecule has 0 unspecified atom stereocenters. The van der Waals surface area contributed by atoms with E-state index in [1.54, 1.807) is 16.8 Å². The minimum Gasteiger partial charge on any atom is -0.378 e. The second-order valence-corrected chi connectivity index (χ2v) is 6.16. The lowest BCUT2D eigenvalue weighted by molar-refractivity contribution is 0.612. The Morgan fingerprint density at radius 1 is 1.12 bits per heavy atom. The van der Waals surface area contributed by atoms with Gasteiger partial charge in [0, 0.05) is 37.5 Å². The molecule has 1 N–H and O–H groups in total. The fraction of sp³-hybridized carbons (Fsp3) is 0.211. The topological polar surface area (TPSA) is 33.1 Å². The zero-order valence-electron chi connectivity index (χ0n) is 13.8. The summed E-state index contributed by atoms with van der Waals surface area (Å²) < 4.78 is 15.9. The molecule has 5 heteroatoms. The smallest absolute Gasteiger partial charge is 0.148 e. The molecule has 4 rings (SSSR count). The summed E-state index contributed by atoms with van der Waals surface area (Å²) in [5.41, 5.74) is 4.71. The maximum Gasteiger partial charge on any atom is 0.148 e. The van der Waals surface area contributed by atoms with Crippen LogP contribution in [0.4, 0.5) is 15.9 Å². The summed E-state index contributed by atoms with van der Waals surface area (Å²) in [4.78, 5) is 2.07. The fourth-order valence-corrected chi connectivity index (χ4v) is 3.14. The van der Waals surface area contributed by atoms with Gasteiger partial charge in [0.25, 0.3) is 0 Å². The SMILES string of the molecule is CN(C)c1cccc(-c2nn(-c3ccccc3F)c3c2CCN3)c1. The van der Waals surface area contributed by atoms with Gasteiger partial charge in [0.15, 0.2) is 0 Å². The van der Waals surface area contributed by atoms with E-state index >= 15 is 0 Å². The van der Waals surface area contributed by atoms with Crippen molar-refractivity contribution in [2.75, 3.05) is 30.9 Å².